The number of phosphoric acid groups is 1. The molecule has 0 bridgehead atoms. The molecule has 0 radical (unpaired) electrons. The lowest BCUT2D eigenvalue weighted by molar-refractivity contribution is -0.161. The number of unbranched alkanes of at least 4 members (excludes halogenated alkanes) is 3. The van der Waals surface area contributed by atoms with Gasteiger partial charge in [-0.05, 0) is 38.5 Å². The van der Waals surface area contributed by atoms with Gasteiger partial charge in [-0.3, -0.25) is 23.4 Å². The number of phosphoric ester groups is 1. The first kappa shape index (κ1) is 34.7. The first-order valence-electron chi connectivity index (χ1n) is 12.5. The van der Waals surface area contributed by atoms with Crippen molar-refractivity contribution in [2.75, 3.05) is 19.8 Å². The fourth-order valence-corrected chi connectivity index (χ4v) is 3.42. The zero-order valence-electron chi connectivity index (χ0n) is 21.8. The molecule has 0 aliphatic rings. The molecule has 4 N–H and O–H groups in total. The van der Waals surface area contributed by atoms with Gasteiger partial charge in [-0.2, -0.15) is 0 Å². The summed E-state index contributed by atoms with van der Waals surface area (Å²) in [4.78, 5) is 44.0. The van der Waals surface area contributed by atoms with Crippen molar-refractivity contribution < 1.29 is 47.5 Å². The van der Waals surface area contributed by atoms with Gasteiger partial charge < -0.3 is 25.2 Å². The van der Waals surface area contributed by atoms with Gasteiger partial charge >= 0.3 is 25.7 Å². The van der Waals surface area contributed by atoms with Crippen LogP contribution in [0.5, 0.6) is 0 Å². The van der Waals surface area contributed by atoms with Crippen LogP contribution in [0, 0.1) is 0 Å². The Bertz CT molecular complexity index is 796. The van der Waals surface area contributed by atoms with Gasteiger partial charge in [0.25, 0.3) is 0 Å². The Kier molecular flexibility index (Phi) is 20.4. The summed E-state index contributed by atoms with van der Waals surface area (Å²) in [5, 5.41) is 8.70. The Balaban J connectivity index is 4.37. The standard InChI is InChI=1S/C25H42NO10P/c1-3-5-6-7-8-9-10-11-12-13-14-15-16-17-24(28)36-21(18-33-23(27)4-2)19-34-37(31,32)35-20-22(26)25(29)30/h5-6,8-9,11-12,21-22H,3-4,7,10,13-20,26H2,1-2H3,(H,29,30)(H,31,32)/b6-5-,9-8-,12-11-. The molecule has 11 nitrogen and oxygen atoms in total. The molecule has 0 fully saturated rings. The second kappa shape index (κ2) is 21.8. The average molecular weight is 548 g/mol. The number of rotatable bonds is 22. The molecule has 0 rings (SSSR count). The summed E-state index contributed by atoms with van der Waals surface area (Å²) < 4.78 is 31.4. The maximum Gasteiger partial charge on any atom is 0.472 e. The minimum Gasteiger partial charge on any atom is -0.480 e. The number of hydrogen-bond acceptors (Lipinski definition) is 9. The summed E-state index contributed by atoms with van der Waals surface area (Å²) in [5.41, 5.74) is 5.22. The number of carboxylic acids is 1. The third kappa shape index (κ3) is 21.5. The van der Waals surface area contributed by atoms with Crippen LogP contribution in [0.1, 0.15) is 71.6 Å². The van der Waals surface area contributed by atoms with E-state index in [1.807, 2.05) is 0 Å². The van der Waals surface area contributed by atoms with Crippen molar-refractivity contribution in [1.29, 1.82) is 0 Å². The van der Waals surface area contributed by atoms with E-state index < -0.39 is 51.1 Å². The quantitative estimate of drug-likeness (QED) is 0.0767. The van der Waals surface area contributed by atoms with E-state index in [1.54, 1.807) is 6.92 Å². The zero-order chi connectivity index (χ0) is 27.9. The second-order valence-corrected chi connectivity index (χ2v) is 9.50. The van der Waals surface area contributed by atoms with E-state index in [1.165, 1.54) is 0 Å². The Hall–Kier alpha value is -2.30. The normalized spacial score (nSPS) is 15.1. The van der Waals surface area contributed by atoms with Crippen molar-refractivity contribution in [3.05, 3.63) is 36.5 Å². The fraction of sp³-hybridized carbons (Fsp3) is 0.640. The van der Waals surface area contributed by atoms with Crippen LogP contribution in [0.15, 0.2) is 36.5 Å². The molecule has 0 aromatic heterocycles. The highest BCUT2D eigenvalue weighted by Gasteiger charge is 2.28. The molecule has 0 aromatic carbocycles. The van der Waals surface area contributed by atoms with Crippen molar-refractivity contribution in [1.82, 2.24) is 0 Å². The molecule has 3 atom stereocenters. The Labute approximate surface area is 219 Å². The molecule has 0 spiro atoms. The third-order valence-electron chi connectivity index (χ3n) is 4.71. The lowest BCUT2D eigenvalue weighted by Gasteiger charge is -2.20. The molecule has 0 aliphatic heterocycles. The van der Waals surface area contributed by atoms with Crippen molar-refractivity contribution in [2.45, 2.75) is 83.8 Å². The van der Waals surface area contributed by atoms with Gasteiger partial charge in [0.05, 0.1) is 13.2 Å². The summed E-state index contributed by atoms with van der Waals surface area (Å²) in [6.07, 6.45) is 17.9. The number of hydrogen-bond donors (Lipinski definition) is 3. The number of allylic oxidation sites excluding steroid dienone is 6. The number of ether oxygens (including phenoxy) is 2. The summed E-state index contributed by atoms with van der Waals surface area (Å²) in [7, 11) is -4.68. The number of nitrogens with two attached hydrogens (primary N) is 1. The third-order valence-corrected chi connectivity index (χ3v) is 5.66. The zero-order valence-corrected chi connectivity index (χ0v) is 22.7. The first-order valence-corrected chi connectivity index (χ1v) is 14.0. The Morgan fingerprint density at radius 1 is 0.865 bits per heavy atom. The van der Waals surface area contributed by atoms with Crippen LogP contribution in [0.3, 0.4) is 0 Å². The van der Waals surface area contributed by atoms with Crippen LogP contribution in [-0.2, 0) is 37.5 Å². The van der Waals surface area contributed by atoms with Crippen LogP contribution in [0.2, 0.25) is 0 Å². The predicted molar refractivity (Wildman–Crippen MR) is 139 cm³/mol. The smallest absolute Gasteiger partial charge is 0.472 e. The maximum absolute atomic E-state index is 12.2. The van der Waals surface area contributed by atoms with Crippen LogP contribution < -0.4 is 5.73 Å². The molecule has 0 aromatic rings. The number of carbonyl (C=O) groups is 3. The lowest BCUT2D eigenvalue weighted by Crippen LogP contribution is -2.34. The van der Waals surface area contributed by atoms with E-state index in [9.17, 15) is 23.8 Å². The summed E-state index contributed by atoms with van der Waals surface area (Å²) in [5.74, 6) is -2.54. The molecular formula is C25H42NO10P. The van der Waals surface area contributed by atoms with Gasteiger partial charge in [0.2, 0.25) is 0 Å². The second-order valence-electron chi connectivity index (χ2n) is 8.05. The van der Waals surface area contributed by atoms with Gasteiger partial charge in [0.15, 0.2) is 6.10 Å². The van der Waals surface area contributed by atoms with Crippen LogP contribution in [0.25, 0.3) is 0 Å². The van der Waals surface area contributed by atoms with Crippen molar-refractivity contribution >= 4 is 25.7 Å². The van der Waals surface area contributed by atoms with Gasteiger partial charge in [0, 0.05) is 12.8 Å². The molecule has 0 saturated carbocycles. The van der Waals surface area contributed by atoms with E-state index in [4.69, 9.17) is 24.8 Å². The topological polar surface area (TPSA) is 172 Å². The van der Waals surface area contributed by atoms with E-state index in [0.29, 0.717) is 6.42 Å². The Morgan fingerprint density at radius 3 is 2.11 bits per heavy atom. The van der Waals surface area contributed by atoms with Gasteiger partial charge in [-0.1, -0.05) is 56.7 Å². The van der Waals surface area contributed by atoms with Gasteiger partial charge in [0.1, 0.15) is 12.6 Å². The van der Waals surface area contributed by atoms with Crippen LogP contribution in [0.4, 0.5) is 0 Å². The van der Waals surface area contributed by atoms with Crippen LogP contribution in [-0.4, -0.2) is 59.9 Å². The van der Waals surface area contributed by atoms with E-state index in [0.717, 1.165) is 38.5 Å². The largest absolute Gasteiger partial charge is 0.480 e. The highest BCUT2D eigenvalue weighted by molar-refractivity contribution is 7.47. The molecule has 0 heterocycles. The minimum absolute atomic E-state index is 0.0945. The number of carbonyl (C=O) groups excluding carboxylic acids is 2. The van der Waals surface area contributed by atoms with Gasteiger partial charge in [-0.25, -0.2) is 4.57 Å². The van der Waals surface area contributed by atoms with Crippen molar-refractivity contribution in [2.24, 2.45) is 5.73 Å². The lowest BCUT2D eigenvalue weighted by atomic mass is 10.1. The average Bonchev–Trinajstić information content (AvgIpc) is 2.86. The minimum atomic E-state index is -4.68. The molecule has 0 aliphatic carbocycles. The summed E-state index contributed by atoms with van der Waals surface area (Å²) in [6.45, 7) is 1.94. The highest BCUT2D eigenvalue weighted by atomic mass is 31.2. The predicted octanol–water partition coefficient (Wildman–Crippen LogP) is 4.21. The van der Waals surface area contributed by atoms with Gasteiger partial charge in [-0.15, -0.1) is 0 Å². The summed E-state index contributed by atoms with van der Waals surface area (Å²) in [6, 6.07) is -1.52. The molecule has 3 unspecified atom stereocenters. The molecule has 0 saturated heterocycles. The van der Waals surface area contributed by atoms with E-state index in [-0.39, 0.29) is 19.4 Å². The molecule has 212 valence electrons. The van der Waals surface area contributed by atoms with Crippen molar-refractivity contribution in [3.63, 3.8) is 0 Å². The number of esters is 2. The SMILES string of the molecule is CC/C=C\C/C=C\C/C=C\CCCCCC(=O)OC(COC(=O)CC)COP(=O)(O)OCC(N)C(=O)O. The number of carboxylic acid groups (broad SMARTS) is 1. The highest BCUT2D eigenvalue weighted by Crippen LogP contribution is 2.43. The molecular weight excluding hydrogens is 505 g/mol. The maximum atomic E-state index is 12.2. The Morgan fingerprint density at radius 2 is 1.49 bits per heavy atom. The van der Waals surface area contributed by atoms with Crippen LogP contribution >= 0.6 is 7.82 Å². The molecule has 37 heavy (non-hydrogen) atoms. The van der Waals surface area contributed by atoms with E-state index in [2.05, 4.69) is 47.9 Å². The first-order chi connectivity index (χ1) is 17.6. The van der Waals surface area contributed by atoms with Crippen molar-refractivity contribution in [3.8, 4) is 0 Å². The monoisotopic (exact) mass is 547 g/mol. The summed E-state index contributed by atoms with van der Waals surface area (Å²) >= 11 is 0. The fourth-order valence-electron chi connectivity index (χ4n) is 2.64. The van der Waals surface area contributed by atoms with E-state index >= 15 is 0 Å². The molecule has 12 heteroatoms. The molecule has 0 amide bonds. The number of aliphatic carboxylic acids is 1.